The van der Waals surface area contributed by atoms with Gasteiger partial charge in [0.15, 0.2) is 16.2 Å². The molecule has 15 amide bonds. The highest BCUT2D eigenvalue weighted by Crippen LogP contribution is 2.38. The summed E-state index contributed by atoms with van der Waals surface area (Å²) in [6, 6.07) is 22.9. The number of nitrogens with two attached hydrogens (primary N) is 3. The summed E-state index contributed by atoms with van der Waals surface area (Å²) in [6.45, 7) is 14.1. The van der Waals surface area contributed by atoms with Crippen molar-refractivity contribution >= 4 is 71.8 Å². The Morgan fingerprint density at radius 3 is 1.02 bits per heavy atom. The van der Waals surface area contributed by atoms with E-state index in [1.165, 1.54) is 0 Å². The molecule has 3 aromatic carbocycles. The Labute approximate surface area is 485 Å². The van der Waals surface area contributed by atoms with Gasteiger partial charge in [0.2, 0.25) is 17.7 Å². The zero-order valence-corrected chi connectivity index (χ0v) is 48.4. The second-order valence-corrected chi connectivity index (χ2v) is 20.2. The molecule has 456 valence electrons. The number of imide groups is 6. The summed E-state index contributed by atoms with van der Waals surface area (Å²) in [5.41, 5.74) is 12.3. The number of nitrogens with one attached hydrogen (secondary N) is 3. The normalized spacial score (nSPS) is 19.7. The molecule has 4 atom stereocenters. The van der Waals surface area contributed by atoms with Crippen molar-refractivity contribution in [3.63, 3.8) is 0 Å². The Hall–Kier alpha value is -8.82. The molecule has 3 fully saturated rings. The number of rotatable bonds is 24. The summed E-state index contributed by atoms with van der Waals surface area (Å²) >= 11 is 0. The molecule has 27 heteroatoms. The first kappa shape index (κ1) is 67.7. The second kappa shape index (κ2) is 30.5. The van der Waals surface area contributed by atoms with E-state index < -0.39 is 119 Å². The SMILES string of the molecule is CCC1(c2ccccc2)C(=O)N(CC(COC(C)C)OC(N)=O)C(=O)N(CC(COC(C)C)OC(N)=O)C1=O.CCC1(c2ccccc2)C(=O)NC(=O)N(CC(COC(C)C)OC(N)=O)C1=O.CCC1(c2ccccc2)C(=O)NC(=O)NC1=O. The first-order valence-electron chi connectivity index (χ1n) is 27.1. The van der Waals surface area contributed by atoms with E-state index in [9.17, 15) is 57.5 Å². The van der Waals surface area contributed by atoms with Crippen molar-refractivity contribution in [1.29, 1.82) is 0 Å². The fraction of sp³-hybridized carbons (Fsp3) is 0.474. The standard InChI is InChI=1S/C26H38N4O9.C19H25N3O6.C12H12N2O3/c1-6-26(18-10-8-7-9-11-18)21(31)29(12-19(38-23(27)33)14-36-16(2)3)25(35)30(22(26)32)13-20(39-24(28)34)15-37-17(4)5;1-4-19(13-8-6-5-7-9-13)15(23)21-18(26)22(16(19)24)10-14(28-17(20)25)11-27-12(2)3;1-2-12(8-6-4-3-5-7-8)9(15)13-11(17)14-10(12)16/h7-11,16-17,19-20H,6,12-15H2,1-5H3,(H2,27,33)(H2,28,34);5-9,12,14H,4,10-11H2,1-3H3,(H2,20,25)(H,21,23,26);3-7H,2H2,1H3,(H2,13,14,15,16,17). The number of amides is 15. The van der Waals surface area contributed by atoms with Crippen molar-refractivity contribution in [1.82, 2.24) is 30.7 Å². The number of nitrogens with zero attached hydrogens (tertiary/aromatic N) is 3. The van der Waals surface area contributed by atoms with E-state index in [1.807, 2.05) is 0 Å². The van der Waals surface area contributed by atoms with Gasteiger partial charge in [0, 0.05) is 0 Å². The van der Waals surface area contributed by atoms with Crippen LogP contribution in [0, 0.1) is 0 Å². The Morgan fingerprint density at radius 1 is 0.429 bits per heavy atom. The molecule has 0 saturated carbocycles. The number of hydrogen-bond donors (Lipinski definition) is 6. The Morgan fingerprint density at radius 2 is 0.714 bits per heavy atom. The summed E-state index contributed by atoms with van der Waals surface area (Å²) in [6.07, 6.45) is -6.70. The van der Waals surface area contributed by atoms with Crippen LogP contribution in [0.15, 0.2) is 91.0 Å². The molecule has 0 aromatic heterocycles. The van der Waals surface area contributed by atoms with Crippen LogP contribution in [-0.4, -0.2) is 163 Å². The highest BCUT2D eigenvalue weighted by atomic mass is 16.6. The van der Waals surface area contributed by atoms with Crippen LogP contribution in [0.5, 0.6) is 0 Å². The molecule has 3 aliphatic heterocycles. The van der Waals surface area contributed by atoms with E-state index in [-0.39, 0.29) is 57.5 Å². The number of hydrogen-bond acceptors (Lipinski definition) is 18. The lowest BCUT2D eigenvalue weighted by molar-refractivity contribution is -0.155. The Balaban J connectivity index is 0.000000292. The van der Waals surface area contributed by atoms with Gasteiger partial charge in [-0.15, -0.1) is 0 Å². The molecule has 9 N–H and O–H groups in total. The molecule has 3 saturated heterocycles. The van der Waals surface area contributed by atoms with Crippen molar-refractivity contribution in [3.05, 3.63) is 108 Å². The van der Waals surface area contributed by atoms with Gasteiger partial charge in [0.05, 0.1) is 57.8 Å². The number of carbonyl (C=O) groups excluding carboxylic acids is 12. The van der Waals surface area contributed by atoms with E-state index >= 15 is 0 Å². The van der Waals surface area contributed by atoms with Crippen molar-refractivity contribution in [2.24, 2.45) is 17.2 Å². The summed E-state index contributed by atoms with van der Waals surface area (Å²) < 4.78 is 31.8. The van der Waals surface area contributed by atoms with Crippen LogP contribution in [0.2, 0.25) is 0 Å². The second-order valence-electron chi connectivity index (χ2n) is 20.2. The third kappa shape index (κ3) is 16.2. The number of ether oxygens (including phenoxy) is 6. The first-order chi connectivity index (χ1) is 39.7. The third-order valence-corrected chi connectivity index (χ3v) is 13.6. The summed E-state index contributed by atoms with van der Waals surface area (Å²) in [5.74, 6) is -4.09. The highest BCUT2D eigenvalue weighted by Gasteiger charge is 2.59. The lowest BCUT2D eigenvalue weighted by Gasteiger charge is -2.45. The van der Waals surface area contributed by atoms with Gasteiger partial charge in [0.1, 0.15) is 18.3 Å². The smallest absolute Gasteiger partial charge is 0.404 e. The average molecular weight is 1170 g/mol. The van der Waals surface area contributed by atoms with Crippen LogP contribution in [0.3, 0.4) is 0 Å². The van der Waals surface area contributed by atoms with Gasteiger partial charge >= 0.3 is 36.4 Å². The topological polar surface area (TPSA) is 384 Å². The molecule has 0 aliphatic carbocycles. The predicted molar refractivity (Wildman–Crippen MR) is 298 cm³/mol. The molecule has 0 bridgehead atoms. The number of primary amides is 3. The molecular weight excluding hydrogens is 1100 g/mol. The van der Waals surface area contributed by atoms with Crippen molar-refractivity contribution in [3.8, 4) is 0 Å². The number of carbonyl (C=O) groups is 12. The molecular formula is C57H75N9O18. The van der Waals surface area contributed by atoms with Crippen molar-refractivity contribution < 1.29 is 86.0 Å². The van der Waals surface area contributed by atoms with Gasteiger partial charge in [-0.05, 0) is 77.5 Å². The maximum atomic E-state index is 14.0. The average Bonchev–Trinajstić information content (AvgIpc) is 0.939. The maximum absolute atomic E-state index is 14.0. The minimum Gasteiger partial charge on any atom is -0.442 e. The highest BCUT2D eigenvalue weighted by molar-refractivity contribution is 6.24. The molecule has 84 heavy (non-hydrogen) atoms. The van der Waals surface area contributed by atoms with Gasteiger partial charge in [0.25, 0.3) is 17.7 Å². The third-order valence-electron chi connectivity index (χ3n) is 13.6. The van der Waals surface area contributed by atoms with Gasteiger partial charge in [-0.3, -0.25) is 59.4 Å². The molecule has 27 nitrogen and oxygen atoms in total. The van der Waals surface area contributed by atoms with Crippen LogP contribution in [-0.2, 0) is 73.4 Å². The van der Waals surface area contributed by atoms with Gasteiger partial charge < -0.3 is 45.6 Å². The number of urea groups is 3. The van der Waals surface area contributed by atoms with E-state index in [1.54, 1.807) is 153 Å². The van der Waals surface area contributed by atoms with Crippen LogP contribution in [0.25, 0.3) is 0 Å². The van der Waals surface area contributed by atoms with Crippen molar-refractivity contribution in [2.45, 2.75) is 134 Å². The van der Waals surface area contributed by atoms with Crippen LogP contribution < -0.4 is 33.2 Å². The Bertz CT molecular complexity index is 2780. The van der Waals surface area contributed by atoms with Crippen LogP contribution in [0.1, 0.15) is 98.3 Å². The van der Waals surface area contributed by atoms with Crippen LogP contribution >= 0.6 is 0 Å². The zero-order chi connectivity index (χ0) is 62.7. The fourth-order valence-electron chi connectivity index (χ4n) is 9.46. The maximum Gasteiger partial charge on any atom is 0.404 e. The fourth-order valence-corrected chi connectivity index (χ4v) is 9.46. The van der Waals surface area contributed by atoms with Gasteiger partial charge in [-0.2, -0.15) is 0 Å². The monoisotopic (exact) mass is 1170 g/mol. The summed E-state index contributed by atoms with van der Waals surface area (Å²) in [7, 11) is 0. The molecule has 3 heterocycles. The van der Waals surface area contributed by atoms with E-state index in [0.29, 0.717) is 23.1 Å². The lowest BCUT2D eigenvalue weighted by Crippen LogP contribution is -2.69. The first-order valence-corrected chi connectivity index (χ1v) is 27.1. The van der Waals surface area contributed by atoms with E-state index in [0.717, 1.165) is 14.7 Å². The molecule has 3 aromatic rings. The largest absolute Gasteiger partial charge is 0.442 e. The van der Waals surface area contributed by atoms with Gasteiger partial charge in [-0.25, -0.2) is 28.8 Å². The Kier molecular flexibility index (Phi) is 24.6. The predicted octanol–water partition coefficient (Wildman–Crippen LogP) is 3.91. The lowest BCUT2D eigenvalue weighted by atomic mass is 9.74. The minimum absolute atomic E-state index is 0.00261. The molecule has 6 rings (SSSR count). The van der Waals surface area contributed by atoms with Crippen molar-refractivity contribution in [2.75, 3.05) is 39.5 Å². The number of benzene rings is 3. The van der Waals surface area contributed by atoms with E-state index in [2.05, 4.69) is 16.0 Å². The molecule has 3 aliphatic rings. The summed E-state index contributed by atoms with van der Waals surface area (Å²) in [5, 5.41) is 6.52. The zero-order valence-electron chi connectivity index (χ0n) is 48.4. The summed E-state index contributed by atoms with van der Waals surface area (Å²) in [4.78, 5) is 152. The van der Waals surface area contributed by atoms with Crippen LogP contribution in [0.4, 0.5) is 28.8 Å². The van der Waals surface area contributed by atoms with E-state index in [4.69, 9.17) is 45.6 Å². The van der Waals surface area contributed by atoms with Gasteiger partial charge in [-0.1, -0.05) is 112 Å². The molecule has 4 unspecified atom stereocenters. The quantitative estimate of drug-likeness (QED) is 0.0547. The minimum atomic E-state index is -1.79. The molecule has 0 radical (unpaired) electrons. The molecule has 0 spiro atoms. The number of barbiturate groups is 3.